The first-order valence-electron chi connectivity index (χ1n) is 15.0. The molecule has 4 heteroatoms. The van der Waals surface area contributed by atoms with Crippen LogP contribution in [0.4, 0.5) is 0 Å². The lowest BCUT2D eigenvalue weighted by molar-refractivity contribution is -0.123. The number of nitrogens with one attached hydrogen (secondary N) is 1. The fourth-order valence-electron chi connectivity index (χ4n) is 4.29. The highest BCUT2D eigenvalue weighted by atomic mass is 16.3. The molecule has 0 saturated carbocycles. The van der Waals surface area contributed by atoms with Crippen molar-refractivity contribution in [1.29, 1.82) is 0 Å². The molecule has 0 radical (unpaired) electrons. The average Bonchev–Trinajstić information content (AvgIpc) is 2.86. The van der Waals surface area contributed by atoms with Crippen LogP contribution in [0.3, 0.4) is 0 Å². The van der Waals surface area contributed by atoms with Crippen molar-refractivity contribution in [3.05, 3.63) is 24.3 Å². The van der Waals surface area contributed by atoms with Gasteiger partial charge in [-0.2, -0.15) is 0 Å². The van der Waals surface area contributed by atoms with Gasteiger partial charge in [0.05, 0.1) is 18.8 Å². The number of aliphatic hydroxyl groups excluding tert-OH is 2. The molecule has 2 atom stereocenters. The zero-order chi connectivity index (χ0) is 25.8. The fraction of sp³-hybridized carbons (Fsp3) is 0.839. The van der Waals surface area contributed by atoms with Gasteiger partial charge in [-0.1, -0.05) is 102 Å². The van der Waals surface area contributed by atoms with Crippen LogP contribution in [0, 0.1) is 0 Å². The summed E-state index contributed by atoms with van der Waals surface area (Å²) in [5, 5.41) is 22.8. The molecule has 0 aliphatic heterocycles. The number of aliphatic hydroxyl groups is 2. The van der Waals surface area contributed by atoms with E-state index in [-0.39, 0.29) is 12.5 Å². The molecular weight excluding hydrogens is 434 g/mol. The number of hydrogen-bond acceptors (Lipinski definition) is 3. The Morgan fingerprint density at radius 2 is 1.09 bits per heavy atom. The summed E-state index contributed by atoms with van der Waals surface area (Å²) in [4.78, 5) is 12.2. The number of carbonyl (C=O) groups is 1. The number of hydrogen-bond donors (Lipinski definition) is 3. The van der Waals surface area contributed by atoms with Crippen molar-refractivity contribution in [2.24, 2.45) is 0 Å². The first kappa shape index (κ1) is 33.9. The van der Waals surface area contributed by atoms with Gasteiger partial charge in [-0.3, -0.25) is 4.79 Å². The van der Waals surface area contributed by atoms with E-state index in [1.165, 1.54) is 77.0 Å². The maximum Gasteiger partial charge on any atom is 0.220 e. The maximum absolute atomic E-state index is 12.2. The smallest absolute Gasteiger partial charge is 0.220 e. The molecule has 4 nitrogen and oxygen atoms in total. The van der Waals surface area contributed by atoms with Gasteiger partial charge in [0.25, 0.3) is 0 Å². The second-order valence-electron chi connectivity index (χ2n) is 10.2. The number of rotatable bonds is 26. The number of carbonyl (C=O) groups excluding carboxylic acids is 1. The molecule has 0 aromatic carbocycles. The summed E-state index contributed by atoms with van der Waals surface area (Å²) in [6.45, 7) is 4.27. The summed E-state index contributed by atoms with van der Waals surface area (Å²) in [5.41, 5.74) is 0. The van der Waals surface area contributed by atoms with Crippen LogP contribution in [-0.2, 0) is 4.79 Å². The second kappa shape index (κ2) is 27.5. The van der Waals surface area contributed by atoms with E-state index in [4.69, 9.17) is 0 Å². The van der Waals surface area contributed by atoms with Gasteiger partial charge in [0.1, 0.15) is 0 Å². The highest BCUT2D eigenvalue weighted by Crippen LogP contribution is 2.11. The monoisotopic (exact) mass is 493 g/mol. The van der Waals surface area contributed by atoms with Crippen molar-refractivity contribution in [1.82, 2.24) is 5.32 Å². The molecule has 0 unspecified atom stereocenters. The Bertz CT molecular complexity index is 503. The van der Waals surface area contributed by atoms with E-state index in [0.717, 1.165) is 44.9 Å². The normalized spacial score (nSPS) is 13.6. The van der Waals surface area contributed by atoms with Crippen LogP contribution in [0.15, 0.2) is 24.3 Å². The van der Waals surface area contributed by atoms with Crippen molar-refractivity contribution >= 4 is 5.91 Å². The minimum absolute atomic E-state index is 0.0555. The third-order valence-corrected chi connectivity index (χ3v) is 6.68. The molecule has 0 aromatic heterocycles. The SMILES string of the molecule is CCCCCC/C=C/CCCCCCCC(=O)N[C@@H](CO)[C@H](O)CCCC/C=C/CCCCCC. The summed E-state index contributed by atoms with van der Waals surface area (Å²) in [5.74, 6) is -0.0555. The third kappa shape index (κ3) is 24.3. The number of amides is 1. The molecular formula is C31H59NO3. The van der Waals surface area contributed by atoms with Crippen LogP contribution in [0.2, 0.25) is 0 Å². The van der Waals surface area contributed by atoms with Gasteiger partial charge in [-0.05, 0) is 64.2 Å². The summed E-state index contributed by atoms with van der Waals surface area (Å²) in [6, 6.07) is -0.551. The maximum atomic E-state index is 12.2. The molecule has 1 amide bonds. The van der Waals surface area contributed by atoms with E-state index in [2.05, 4.69) is 43.5 Å². The second-order valence-corrected chi connectivity index (χ2v) is 10.2. The van der Waals surface area contributed by atoms with Crippen LogP contribution in [-0.4, -0.2) is 34.9 Å². The van der Waals surface area contributed by atoms with E-state index >= 15 is 0 Å². The minimum Gasteiger partial charge on any atom is -0.394 e. The van der Waals surface area contributed by atoms with Crippen LogP contribution in [0.25, 0.3) is 0 Å². The molecule has 0 saturated heterocycles. The Morgan fingerprint density at radius 1 is 0.657 bits per heavy atom. The zero-order valence-corrected chi connectivity index (χ0v) is 23.3. The lowest BCUT2D eigenvalue weighted by Crippen LogP contribution is -2.45. The summed E-state index contributed by atoms with van der Waals surface area (Å²) in [7, 11) is 0. The highest BCUT2D eigenvalue weighted by molar-refractivity contribution is 5.76. The van der Waals surface area contributed by atoms with Crippen molar-refractivity contribution in [2.75, 3.05) is 6.61 Å². The first-order valence-corrected chi connectivity index (χ1v) is 15.0. The van der Waals surface area contributed by atoms with Gasteiger partial charge in [0.15, 0.2) is 0 Å². The van der Waals surface area contributed by atoms with E-state index < -0.39 is 12.1 Å². The Labute approximate surface area is 218 Å². The average molecular weight is 494 g/mol. The fourth-order valence-corrected chi connectivity index (χ4v) is 4.29. The quantitative estimate of drug-likeness (QED) is 0.0840. The van der Waals surface area contributed by atoms with Crippen molar-refractivity contribution in [3.8, 4) is 0 Å². The van der Waals surface area contributed by atoms with Crippen LogP contribution >= 0.6 is 0 Å². The van der Waals surface area contributed by atoms with Crippen LogP contribution in [0.1, 0.15) is 149 Å². The molecule has 0 spiro atoms. The van der Waals surface area contributed by atoms with Crippen molar-refractivity contribution in [3.63, 3.8) is 0 Å². The molecule has 0 aliphatic rings. The van der Waals surface area contributed by atoms with Crippen molar-refractivity contribution < 1.29 is 15.0 Å². The van der Waals surface area contributed by atoms with Gasteiger partial charge < -0.3 is 15.5 Å². The molecule has 0 fully saturated rings. The minimum atomic E-state index is -0.679. The Balaban J connectivity index is 3.68. The van der Waals surface area contributed by atoms with Gasteiger partial charge in [0.2, 0.25) is 5.91 Å². The Morgan fingerprint density at radius 3 is 1.57 bits per heavy atom. The van der Waals surface area contributed by atoms with E-state index in [1.807, 2.05) is 0 Å². The molecule has 35 heavy (non-hydrogen) atoms. The highest BCUT2D eigenvalue weighted by Gasteiger charge is 2.19. The van der Waals surface area contributed by atoms with E-state index in [0.29, 0.717) is 12.8 Å². The Hall–Kier alpha value is -1.13. The van der Waals surface area contributed by atoms with Gasteiger partial charge in [-0.25, -0.2) is 0 Å². The van der Waals surface area contributed by atoms with Gasteiger partial charge >= 0.3 is 0 Å². The van der Waals surface area contributed by atoms with Gasteiger partial charge in [0, 0.05) is 6.42 Å². The molecule has 0 rings (SSSR count). The molecule has 0 heterocycles. The standard InChI is InChI=1S/C31H59NO3/c1-3-5-7-9-11-13-15-16-17-19-21-23-25-27-31(35)32-29(28-33)30(34)26-24-22-20-18-14-12-10-8-6-4-2/h13-15,18,29-30,33-34H,3-12,16-17,19-28H2,1-2H3,(H,32,35)/b15-13+,18-14+/t29-,30+/m0/s1. The lowest BCUT2D eigenvalue weighted by Gasteiger charge is -2.22. The summed E-state index contributed by atoms with van der Waals surface area (Å²) in [6.07, 6.45) is 32.2. The van der Waals surface area contributed by atoms with Crippen LogP contribution in [0.5, 0.6) is 0 Å². The summed E-state index contributed by atoms with van der Waals surface area (Å²) < 4.78 is 0. The predicted octanol–water partition coefficient (Wildman–Crippen LogP) is 8.17. The first-order chi connectivity index (χ1) is 17.2. The Kier molecular flexibility index (Phi) is 26.6. The van der Waals surface area contributed by atoms with E-state index in [9.17, 15) is 15.0 Å². The summed E-state index contributed by atoms with van der Waals surface area (Å²) >= 11 is 0. The number of allylic oxidation sites excluding steroid dienone is 4. The molecule has 206 valence electrons. The largest absolute Gasteiger partial charge is 0.394 e. The predicted molar refractivity (Wildman–Crippen MR) is 152 cm³/mol. The van der Waals surface area contributed by atoms with E-state index in [1.54, 1.807) is 0 Å². The number of unbranched alkanes of at least 4 members (excludes halogenated alkanes) is 15. The zero-order valence-electron chi connectivity index (χ0n) is 23.3. The molecule has 0 aliphatic carbocycles. The van der Waals surface area contributed by atoms with Gasteiger partial charge in [-0.15, -0.1) is 0 Å². The lowest BCUT2D eigenvalue weighted by atomic mass is 10.0. The molecule has 0 aromatic rings. The topological polar surface area (TPSA) is 69.6 Å². The molecule has 0 bridgehead atoms. The third-order valence-electron chi connectivity index (χ3n) is 6.68. The molecule has 3 N–H and O–H groups in total. The van der Waals surface area contributed by atoms with Crippen LogP contribution < -0.4 is 5.32 Å². The van der Waals surface area contributed by atoms with Crippen molar-refractivity contribution in [2.45, 2.75) is 161 Å².